The van der Waals surface area contributed by atoms with Gasteiger partial charge in [-0.3, -0.25) is 14.4 Å². The van der Waals surface area contributed by atoms with Crippen LogP contribution in [0.15, 0.2) is 47.4 Å². The van der Waals surface area contributed by atoms with Crippen LogP contribution in [-0.4, -0.2) is 36.7 Å². The van der Waals surface area contributed by atoms with Crippen molar-refractivity contribution in [3.63, 3.8) is 0 Å². The van der Waals surface area contributed by atoms with Crippen LogP contribution in [0.2, 0.25) is 0 Å². The highest BCUT2D eigenvalue weighted by Crippen LogP contribution is 2.42. The third kappa shape index (κ3) is 2.63. The summed E-state index contributed by atoms with van der Waals surface area (Å²) in [6, 6.07) is 10.5. The fourth-order valence-electron chi connectivity index (χ4n) is 4.79. The van der Waals surface area contributed by atoms with E-state index < -0.39 is 0 Å². The Morgan fingerprint density at radius 2 is 2.07 bits per heavy atom. The molecule has 138 valence electrons. The predicted octanol–water partition coefficient (Wildman–Crippen LogP) is 3.04. The summed E-state index contributed by atoms with van der Waals surface area (Å²) < 4.78 is 1.95. The van der Waals surface area contributed by atoms with Crippen LogP contribution in [0.3, 0.4) is 0 Å². The molecule has 27 heavy (non-hydrogen) atoms. The molecule has 2 bridgehead atoms. The number of hydrogen-bond acceptors (Lipinski definition) is 4. The van der Waals surface area contributed by atoms with Gasteiger partial charge in [-0.1, -0.05) is 18.2 Å². The Morgan fingerprint density at radius 3 is 2.85 bits per heavy atom. The van der Waals surface area contributed by atoms with Crippen LogP contribution in [0.5, 0.6) is 0 Å². The van der Waals surface area contributed by atoms with Gasteiger partial charge in [0.1, 0.15) is 5.82 Å². The summed E-state index contributed by atoms with van der Waals surface area (Å²) in [5.74, 6) is 0.757. The lowest BCUT2D eigenvalue weighted by Crippen LogP contribution is -2.41. The van der Waals surface area contributed by atoms with Gasteiger partial charge in [-0.05, 0) is 50.0 Å². The van der Waals surface area contributed by atoms with Crippen LogP contribution in [0.4, 0.5) is 0 Å². The van der Waals surface area contributed by atoms with E-state index >= 15 is 0 Å². The number of rotatable bonds is 3. The van der Waals surface area contributed by atoms with Gasteiger partial charge in [-0.2, -0.15) is 5.10 Å². The molecule has 6 heteroatoms. The summed E-state index contributed by atoms with van der Waals surface area (Å²) in [4.78, 5) is 22.8. The molecule has 3 aromatic rings. The number of aromatic nitrogens is 4. The molecule has 5 rings (SSSR count). The third-order valence-corrected chi connectivity index (χ3v) is 6.07. The molecule has 0 spiro atoms. The smallest absolute Gasteiger partial charge is 0.258 e. The highest BCUT2D eigenvalue weighted by molar-refractivity contribution is 5.77. The van der Waals surface area contributed by atoms with Gasteiger partial charge in [0.2, 0.25) is 0 Å². The molecule has 1 N–H and O–H groups in total. The third-order valence-electron chi connectivity index (χ3n) is 6.07. The molecule has 1 fully saturated rings. The van der Waals surface area contributed by atoms with E-state index in [0.717, 1.165) is 24.2 Å². The van der Waals surface area contributed by atoms with E-state index in [-0.39, 0.29) is 11.6 Å². The first-order valence-electron chi connectivity index (χ1n) is 9.57. The number of nitrogens with one attached hydrogen (secondary N) is 1. The minimum atomic E-state index is -0.0575. The molecular weight excluding hydrogens is 338 g/mol. The average molecular weight is 361 g/mol. The number of hydrogen-bond donors (Lipinski definition) is 1. The van der Waals surface area contributed by atoms with E-state index in [4.69, 9.17) is 4.98 Å². The van der Waals surface area contributed by atoms with Gasteiger partial charge in [0.25, 0.3) is 5.56 Å². The van der Waals surface area contributed by atoms with E-state index in [1.807, 2.05) is 42.2 Å². The predicted molar refractivity (Wildman–Crippen MR) is 105 cm³/mol. The molecule has 3 unspecified atom stereocenters. The zero-order valence-corrected chi connectivity index (χ0v) is 15.6. The van der Waals surface area contributed by atoms with Crippen LogP contribution in [0.25, 0.3) is 16.5 Å². The number of aryl methyl sites for hydroxylation is 1. The Morgan fingerprint density at radius 1 is 1.22 bits per heavy atom. The molecular formula is C21H23N5O. The highest BCUT2D eigenvalue weighted by atomic mass is 16.1. The van der Waals surface area contributed by atoms with Gasteiger partial charge in [-0.15, -0.1) is 0 Å². The summed E-state index contributed by atoms with van der Waals surface area (Å²) >= 11 is 0. The summed E-state index contributed by atoms with van der Waals surface area (Å²) in [5, 5.41) is 4.96. The fourth-order valence-corrected chi connectivity index (χ4v) is 4.79. The molecule has 0 saturated carbocycles. The maximum Gasteiger partial charge on any atom is 0.258 e. The number of aromatic amines is 1. The van der Waals surface area contributed by atoms with Crippen molar-refractivity contribution in [2.45, 2.75) is 44.3 Å². The second-order valence-electron chi connectivity index (χ2n) is 7.63. The average Bonchev–Trinajstić information content (AvgIpc) is 3.21. The van der Waals surface area contributed by atoms with Crippen molar-refractivity contribution in [2.75, 3.05) is 0 Å². The van der Waals surface area contributed by atoms with E-state index in [1.54, 1.807) is 0 Å². The molecule has 0 radical (unpaired) electrons. The van der Waals surface area contributed by atoms with E-state index in [1.165, 1.54) is 17.7 Å². The summed E-state index contributed by atoms with van der Waals surface area (Å²) in [5.41, 5.74) is 3.29. The van der Waals surface area contributed by atoms with Crippen molar-refractivity contribution in [3.05, 3.63) is 64.5 Å². The molecule has 4 heterocycles. The van der Waals surface area contributed by atoms with Crippen molar-refractivity contribution < 1.29 is 0 Å². The Bertz CT molecular complexity index is 1100. The van der Waals surface area contributed by atoms with Crippen LogP contribution in [-0.2, 0) is 7.05 Å². The monoisotopic (exact) mass is 361 g/mol. The largest absolute Gasteiger partial charge is 0.309 e. The summed E-state index contributed by atoms with van der Waals surface area (Å²) in [6.07, 6.45) is 7.57. The number of nitrogens with zero attached hydrogens (tertiary/aromatic N) is 4. The molecule has 2 aliphatic rings. The number of para-hydroxylation sites is 1. The van der Waals surface area contributed by atoms with Crippen molar-refractivity contribution in [3.8, 4) is 0 Å². The van der Waals surface area contributed by atoms with E-state index in [0.29, 0.717) is 17.5 Å². The SMILES string of the molecule is CC(c1nc2ccccc2c(=O)[nH]1)N1C2C=C(c3ccnn3C)CC1CC2. The molecule has 1 aromatic carbocycles. The first-order chi connectivity index (χ1) is 13.1. The Labute approximate surface area is 157 Å². The fraction of sp³-hybridized carbons (Fsp3) is 0.381. The number of benzene rings is 1. The lowest BCUT2D eigenvalue weighted by Gasteiger charge is -2.38. The van der Waals surface area contributed by atoms with Crippen molar-refractivity contribution >= 4 is 16.5 Å². The molecule has 2 aliphatic heterocycles. The quantitative estimate of drug-likeness (QED) is 0.779. The maximum atomic E-state index is 12.5. The Kier molecular flexibility index (Phi) is 3.75. The minimum Gasteiger partial charge on any atom is -0.309 e. The second kappa shape index (κ2) is 6.16. The number of H-pyrrole nitrogens is 1. The molecule has 6 nitrogen and oxygen atoms in total. The standard InChI is InChI=1S/C21H23N5O/c1-13(20-23-18-6-4-3-5-17(18)21(27)24-20)26-15-7-8-16(26)12-14(11-15)19-9-10-22-25(19)2/h3-6,9-11,13,15-16H,7-8,12H2,1-2H3,(H,23,24,27). The van der Waals surface area contributed by atoms with Crippen molar-refractivity contribution in [2.24, 2.45) is 7.05 Å². The summed E-state index contributed by atoms with van der Waals surface area (Å²) in [6.45, 7) is 2.15. The topological polar surface area (TPSA) is 66.8 Å². The Hall–Kier alpha value is -2.73. The van der Waals surface area contributed by atoms with Gasteiger partial charge in [0.05, 0.1) is 22.6 Å². The van der Waals surface area contributed by atoms with E-state index in [9.17, 15) is 4.79 Å². The van der Waals surface area contributed by atoms with Crippen LogP contribution >= 0.6 is 0 Å². The van der Waals surface area contributed by atoms with Crippen LogP contribution in [0.1, 0.15) is 43.7 Å². The molecule has 2 aromatic heterocycles. The minimum absolute atomic E-state index is 0.0575. The van der Waals surface area contributed by atoms with Gasteiger partial charge in [-0.25, -0.2) is 4.98 Å². The maximum absolute atomic E-state index is 12.5. The van der Waals surface area contributed by atoms with Crippen molar-refractivity contribution in [1.29, 1.82) is 0 Å². The summed E-state index contributed by atoms with van der Waals surface area (Å²) in [7, 11) is 2.00. The lowest BCUT2D eigenvalue weighted by molar-refractivity contribution is 0.149. The van der Waals surface area contributed by atoms with Gasteiger partial charge < -0.3 is 4.98 Å². The molecule has 0 amide bonds. The highest BCUT2D eigenvalue weighted by Gasteiger charge is 2.40. The van der Waals surface area contributed by atoms with Crippen molar-refractivity contribution in [1.82, 2.24) is 24.6 Å². The van der Waals surface area contributed by atoms with Gasteiger partial charge in [0, 0.05) is 25.3 Å². The molecule has 3 atom stereocenters. The zero-order chi connectivity index (χ0) is 18.5. The second-order valence-corrected chi connectivity index (χ2v) is 7.63. The first kappa shape index (κ1) is 16.4. The van der Waals surface area contributed by atoms with Gasteiger partial charge in [0.15, 0.2) is 0 Å². The molecule has 1 saturated heterocycles. The van der Waals surface area contributed by atoms with Crippen LogP contribution in [0, 0.1) is 0 Å². The number of fused-ring (bicyclic) bond motifs is 3. The van der Waals surface area contributed by atoms with Crippen LogP contribution < -0.4 is 5.56 Å². The van der Waals surface area contributed by atoms with Gasteiger partial charge >= 0.3 is 0 Å². The first-order valence-corrected chi connectivity index (χ1v) is 9.57. The lowest BCUT2D eigenvalue weighted by atomic mass is 9.97. The zero-order valence-electron chi connectivity index (χ0n) is 15.6. The van der Waals surface area contributed by atoms with E-state index in [2.05, 4.69) is 34.0 Å². The Balaban J connectivity index is 1.50. The molecule has 0 aliphatic carbocycles. The normalized spacial score (nSPS) is 23.6.